The first-order chi connectivity index (χ1) is 12.5. The highest BCUT2D eigenvalue weighted by Gasteiger charge is 1.99. The SMILES string of the molecule is Cc1cccc(/C=C/c2ccc(/C=C/c3ccc(O)c(C)c3)c(Br)c2)c1. The minimum absolute atomic E-state index is 0.327. The fourth-order valence-electron chi connectivity index (χ4n) is 2.72. The quantitative estimate of drug-likeness (QED) is 0.459. The van der Waals surface area contributed by atoms with Crippen LogP contribution in [0.1, 0.15) is 33.4 Å². The van der Waals surface area contributed by atoms with Crippen LogP contribution in [0.4, 0.5) is 0 Å². The highest BCUT2D eigenvalue weighted by molar-refractivity contribution is 9.10. The molecule has 0 amide bonds. The Bertz CT molecular complexity index is 983. The molecule has 0 saturated carbocycles. The van der Waals surface area contributed by atoms with E-state index < -0.39 is 0 Å². The normalized spacial score (nSPS) is 11.5. The second kappa shape index (κ2) is 8.20. The van der Waals surface area contributed by atoms with E-state index in [4.69, 9.17) is 0 Å². The highest BCUT2D eigenvalue weighted by atomic mass is 79.9. The molecule has 2 heteroatoms. The van der Waals surface area contributed by atoms with Gasteiger partial charge in [-0.25, -0.2) is 0 Å². The van der Waals surface area contributed by atoms with Crippen molar-refractivity contribution >= 4 is 40.2 Å². The Morgan fingerprint density at radius 2 is 1.38 bits per heavy atom. The molecule has 3 aromatic carbocycles. The molecule has 26 heavy (non-hydrogen) atoms. The molecule has 0 atom stereocenters. The summed E-state index contributed by atoms with van der Waals surface area (Å²) in [7, 11) is 0. The number of hydrogen-bond acceptors (Lipinski definition) is 1. The summed E-state index contributed by atoms with van der Waals surface area (Å²) in [6.07, 6.45) is 8.37. The minimum Gasteiger partial charge on any atom is -0.508 e. The first-order valence-electron chi connectivity index (χ1n) is 8.53. The smallest absolute Gasteiger partial charge is 0.118 e. The molecule has 0 aliphatic carbocycles. The molecule has 0 aliphatic heterocycles. The number of rotatable bonds is 4. The third-order valence-electron chi connectivity index (χ3n) is 4.21. The zero-order chi connectivity index (χ0) is 18.5. The van der Waals surface area contributed by atoms with Crippen LogP contribution in [0.2, 0.25) is 0 Å². The van der Waals surface area contributed by atoms with Crippen LogP contribution in [0.5, 0.6) is 5.75 Å². The number of phenols is 1. The van der Waals surface area contributed by atoms with Crippen LogP contribution in [0.15, 0.2) is 65.1 Å². The molecule has 0 bridgehead atoms. The first-order valence-corrected chi connectivity index (χ1v) is 9.32. The lowest BCUT2D eigenvalue weighted by molar-refractivity contribution is 0.471. The zero-order valence-electron chi connectivity index (χ0n) is 14.9. The average Bonchev–Trinajstić information content (AvgIpc) is 2.62. The van der Waals surface area contributed by atoms with Crippen molar-refractivity contribution in [2.24, 2.45) is 0 Å². The Labute approximate surface area is 163 Å². The number of hydrogen-bond donors (Lipinski definition) is 1. The van der Waals surface area contributed by atoms with Crippen molar-refractivity contribution in [2.75, 3.05) is 0 Å². The van der Waals surface area contributed by atoms with Crippen LogP contribution in [0, 0.1) is 13.8 Å². The maximum absolute atomic E-state index is 9.61. The second-order valence-electron chi connectivity index (χ2n) is 6.41. The molecule has 0 aromatic heterocycles. The van der Waals surface area contributed by atoms with Gasteiger partial charge in [-0.1, -0.05) is 88.3 Å². The Morgan fingerprint density at radius 1 is 0.731 bits per heavy atom. The van der Waals surface area contributed by atoms with Crippen molar-refractivity contribution in [1.29, 1.82) is 0 Å². The number of aryl methyl sites for hydroxylation is 2. The van der Waals surface area contributed by atoms with E-state index in [-0.39, 0.29) is 0 Å². The second-order valence-corrected chi connectivity index (χ2v) is 7.26. The van der Waals surface area contributed by atoms with E-state index in [1.165, 1.54) is 11.1 Å². The minimum atomic E-state index is 0.327. The molecular formula is C24H21BrO. The molecule has 3 rings (SSSR count). The molecule has 1 N–H and O–H groups in total. The zero-order valence-corrected chi connectivity index (χ0v) is 16.5. The van der Waals surface area contributed by atoms with Crippen molar-refractivity contribution in [3.8, 4) is 5.75 Å². The molecule has 0 spiro atoms. The van der Waals surface area contributed by atoms with Gasteiger partial charge in [-0.05, 0) is 59.9 Å². The maximum Gasteiger partial charge on any atom is 0.118 e. The molecule has 0 aliphatic rings. The Balaban J connectivity index is 1.76. The Kier molecular flexibility index (Phi) is 5.75. The van der Waals surface area contributed by atoms with Crippen LogP contribution < -0.4 is 0 Å². The molecule has 1 nitrogen and oxygen atoms in total. The third kappa shape index (κ3) is 4.74. The topological polar surface area (TPSA) is 20.2 Å². The van der Waals surface area contributed by atoms with Crippen LogP contribution in [0.3, 0.4) is 0 Å². The van der Waals surface area contributed by atoms with Gasteiger partial charge in [-0.15, -0.1) is 0 Å². The van der Waals surface area contributed by atoms with E-state index in [1.807, 2.05) is 19.1 Å². The van der Waals surface area contributed by atoms with Gasteiger partial charge < -0.3 is 5.11 Å². The summed E-state index contributed by atoms with van der Waals surface area (Å²) < 4.78 is 1.05. The maximum atomic E-state index is 9.61. The summed E-state index contributed by atoms with van der Waals surface area (Å²) in [5.74, 6) is 0.327. The molecular weight excluding hydrogens is 384 g/mol. The fraction of sp³-hybridized carbons (Fsp3) is 0.0833. The highest BCUT2D eigenvalue weighted by Crippen LogP contribution is 2.23. The van der Waals surface area contributed by atoms with Gasteiger partial charge in [0.2, 0.25) is 0 Å². The van der Waals surface area contributed by atoms with Gasteiger partial charge >= 0.3 is 0 Å². The van der Waals surface area contributed by atoms with E-state index in [9.17, 15) is 5.11 Å². The number of halogens is 1. The number of aromatic hydroxyl groups is 1. The number of benzene rings is 3. The van der Waals surface area contributed by atoms with Crippen LogP contribution in [0.25, 0.3) is 24.3 Å². The summed E-state index contributed by atoms with van der Waals surface area (Å²) in [5.41, 5.74) is 6.67. The van der Waals surface area contributed by atoms with Crippen molar-refractivity contribution < 1.29 is 5.11 Å². The van der Waals surface area contributed by atoms with Gasteiger partial charge in [0.15, 0.2) is 0 Å². The molecule has 0 unspecified atom stereocenters. The van der Waals surface area contributed by atoms with Gasteiger partial charge in [-0.3, -0.25) is 0 Å². The molecule has 3 aromatic rings. The molecule has 0 saturated heterocycles. The molecule has 0 heterocycles. The predicted molar refractivity (Wildman–Crippen MR) is 116 cm³/mol. The van der Waals surface area contributed by atoms with Crippen molar-refractivity contribution in [1.82, 2.24) is 0 Å². The van der Waals surface area contributed by atoms with Crippen LogP contribution in [-0.2, 0) is 0 Å². The monoisotopic (exact) mass is 404 g/mol. The largest absolute Gasteiger partial charge is 0.508 e. The molecule has 0 fully saturated rings. The summed E-state index contributed by atoms with van der Waals surface area (Å²) in [6, 6.07) is 20.4. The lowest BCUT2D eigenvalue weighted by atomic mass is 10.1. The van der Waals surface area contributed by atoms with E-state index >= 15 is 0 Å². The van der Waals surface area contributed by atoms with Crippen molar-refractivity contribution in [2.45, 2.75) is 13.8 Å². The third-order valence-corrected chi connectivity index (χ3v) is 4.90. The summed E-state index contributed by atoms with van der Waals surface area (Å²) in [5, 5.41) is 9.61. The van der Waals surface area contributed by atoms with Gasteiger partial charge in [-0.2, -0.15) is 0 Å². The summed E-state index contributed by atoms with van der Waals surface area (Å²) in [6.45, 7) is 4.00. The van der Waals surface area contributed by atoms with Crippen LogP contribution in [-0.4, -0.2) is 5.11 Å². The fourth-order valence-corrected chi connectivity index (χ4v) is 3.25. The van der Waals surface area contributed by atoms with Gasteiger partial charge in [0.1, 0.15) is 5.75 Å². The standard InChI is InChI=1S/C24H21BrO/c1-17-4-3-5-19(14-17)6-7-21-9-12-22(23(25)16-21)11-8-20-10-13-24(26)18(2)15-20/h3-16,26H,1-2H3/b7-6+,11-8+. The average molecular weight is 405 g/mol. The first kappa shape index (κ1) is 18.2. The summed E-state index contributed by atoms with van der Waals surface area (Å²) in [4.78, 5) is 0. The number of phenolic OH excluding ortho intramolecular Hbond substituents is 1. The van der Waals surface area contributed by atoms with E-state index in [0.29, 0.717) is 5.75 Å². The lowest BCUT2D eigenvalue weighted by Gasteiger charge is -2.03. The van der Waals surface area contributed by atoms with E-state index in [1.54, 1.807) is 6.07 Å². The van der Waals surface area contributed by atoms with Gasteiger partial charge in [0.25, 0.3) is 0 Å². The lowest BCUT2D eigenvalue weighted by Crippen LogP contribution is -1.80. The molecule has 130 valence electrons. The van der Waals surface area contributed by atoms with Gasteiger partial charge in [0.05, 0.1) is 0 Å². The Hall–Kier alpha value is -2.58. The van der Waals surface area contributed by atoms with Gasteiger partial charge in [0, 0.05) is 4.47 Å². The van der Waals surface area contributed by atoms with Crippen molar-refractivity contribution in [3.05, 3.63) is 98.5 Å². The van der Waals surface area contributed by atoms with E-state index in [0.717, 1.165) is 26.7 Å². The summed E-state index contributed by atoms with van der Waals surface area (Å²) >= 11 is 3.66. The van der Waals surface area contributed by atoms with Crippen LogP contribution >= 0.6 is 15.9 Å². The Morgan fingerprint density at radius 3 is 2.08 bits per heavy atom. The molecule has 0 radical (unpaired) electrons. The van der Waals surface area contributed by atoms with Crippen molar-refractivity contribution in [3.63, 3.8) is 0 Å². The predicted octanol–water partition coefficient (Wildman–Crippen LogP) is 7.11. The van der Waals surface area contributed by atoms with E-state index in [2.05, 4.69) is 89.6 Å².